The Morgan fingerprint density at radius 3 is 2.00 bits per heavy atom. The molecular weight excluding hydrogens is 250 g/mol. The second-order valence-corrected chi connectivity index (χ2v) is 2.54. The first-order chi connectivity index (χ1) is 6.23. The average molecular weight is 253 g/mol. The Balaban J connectivity index is 0.00000196. The molecule has 1 aromatic heterocycles. The van der Waals surface area contributed by atoms with Crippen LogP contribution in [-0.2, 0) is 6.18 Å². The Morgan fingerprint density at radius 1 is 1.13 bits per heavy atom. The molecule has 0 radical (unpaired) electrons. The Kier molecular flexibility index (Phi) is 5.32. The Labute approximate surface area is 124 Å². The zero-order chi connectivity index (χ0) is 11.0. The number of hydrogen-bond acceptors (Lipinski definition) is 1. The van der Waals surface area contributed by atoms with E-state index in [0.717, 1.165) is 0 Å². The maximum atomic E-state index is 12.1. The minimum absolute atomic E-state index is 0. The van der Waals surface area contributed by atoms with E-state index in [4.69, 9.17) is 0 Å². The summed E-state index contributed by atoms with van der Waals surface area (Å²) in [6.07, 6.45) is -4.18. The number of nitrogens with zero attached hydrogens (tertiary/aromatic N) is 1. The number of pyridine rings is 1. The van der Waals surface area contributed by atoms with Gasteiger partial charge in [-0.05, 0) is 0 Å². The molecule has 0 amide bonds. The van der Waals surface area contributed by atoms with Gasteiger partial charge in [0.2, 0.25) is 0 Å². The van der Waals surface area contributed by atoms with Crippen molar-refractivity contribution in [3.63, 3.8) is 0 Å². The zero-order valence-corrected chi connectivity index (χ0v) is 10.6. The van der Waals surface area contributed by atoms with E-state index in [0.29, 0.717) is 12.3 Å². The van der Waals surface area contributed by atoms with Gasteiger partial charge in [0, 0.05) is 18.0 Å². The summed E-state index contributed by atoms with van der Waals surface area (Å²) in [4.78, 5) is 3.02. The number of rotatable bonds is 1. The molecule has 0 N–H and O–H groups in total. The van der Waals surface area contributed by atoms with Crippen molar-refractivity contribution in [3.8, 4) is 0 Å². The van der Waals surface area contributed by atoms with Gasteiger partial charge in [-0.2, -0.15) is 13.2 Å². The van der Waals surface area contributed by atoms with E-state index in [1.807, 2.05) is 0 Å². The minimum Gasteiger partial charge on any atom is -0.445 e. The summed E-state index contributed by atoms with van der Waals surface area (Å²) in [5, 5.41) is 0. The summed E-state index contributed by atoms with van der Waals surface area (Å²) in [6, 6.07) is 0.322. The zero-order valence-electron chi connectivity index (χ0n) is 7.52. The van der Waals surface area contributed by atoms with Crippen LogP contribution in [0.1, 0.15) is 5.56 Å². The van der Waals surface area contributed by atoms with Crippen LogP contribution in [0.5, 0.6) is 0 Å². The number of hydrogen-bond donors (Lipinski definition) is 0. The van der Waals surface area contributed by atoms with Gasteiger partial charge in [-0.25, -0.2) is 0 Å². The summed E-state index contributed by atoms with van der Waals surface area (Å²) < 4.78 is 72.5. The molecule has 0 atom stereocenters. The van der Waals surface area contributed by atoms with E-state index in [1.54, 1.807) is 0 Å². The van der Waals surface area contributed by atoms with E-state index < -0.39 is 24.2 Å². The van der Waals surface area contributed by atoms with Gasteiger partial charge in [-0.15, -0.1) is 0 Å². The third-order valence-corrected chi connectivity index (χ3v) is 1.51. The summed E-state index contributed by atoms with van der Waals surface area (Å²) in [7, 11) is 0. The summed E-state index contributed by atoms with van der Waals surface area (Å²) in [5.74, 6) is 0. The van der Waals surface area contributed by atoms with Crippen LogP contribution in [0.4, 0.5) is 26.1 Å². The molecule has 0 aliphatic rings. The van der Waals surface area contributed by atoms with Gasteiger partial charge in [-0.3, -0.25) is 4.98 Å². The van der Waals surface area contributed by atoms with E-state index in [2.05, 4.69) is 4.98 Å². The van der Waals surface area contributed by atoms with Crippen molar-refractivity contribution >= 4 is 12.4 Å². The molecule has 0 spiro atoms. The molecule has 9 heteroatoms. The van der Waals surface area contributed by atoms with Crippen molar-refractivity contribution in [1.29, 1.82) is 0 Å². The second-order valence-electron chi connectivity index (χ2n) is 2.54. The predicted octanol–water partition coefficient (Wildman–Crippen LogP) is -0.841. The third kappa shape index (κ3) is 4.06. The first-order valence-corrected chi connectivity index (χ1v) is 3.44. The molecule has 1 rings (SSSR count). The summed E-state index contributed by atoms with van der Waals surface area (Å²) in [5.41, 5.74) is -3.40. The van der Waals surface area contributed by atoms with Crippen LogP contribution < -0.4 is 56.8 Å². The fourth-order valence-corrected chi connectivity index (χ4v) is 0.928. The molecule has 0 saturated carbocycles. The van der Waals surface area contributed by atoms with Crippen molar-refractivity contribution in [2.75, 3.05) is 0 Å². The molecule has 0 bridgehead atoms. The van der Waals surface area contributed by atoms with Gasteiger partial charge < -0.3 is 12.9 Å². The Hall–Kier alpha value is 0.431. The van der Waals surface area contributed by atoms with Crippen LogP contribution in [-0.4, -0.2) is 12.0 Å². The number of aromatic nitrogens is 1. The molecule has 0 saturated heterocycles. The van der Waals surface area contributed by atoms with Gasteiger partial charge in [0.25, 0.3) is 0 Å². The van der Waals surface area contributed by atoms with Gasteiger partial charge >= 0.3 is 64.5 Å². The molecule has 78 valence electrons. The largest absolute Gasteiger partial charge is 1.00 e. The van der Waals surface area contributed by atoms with Crippen molar-refractivity contribution in [3.05, 3.63) is 24.0 Å². The van der Waals surface area contributed by atoms with Gasteiger partial charge in [-0.1, -0.05) is 11.5 Å². The summed E-state index contributed by atoms with van der Waals surface area (Å²) in [6.45, 7) is -5.66. The van der Waals surface area contributed by atoms with E-state index in [-0.39, 0.29) is 57.6 Å². The van der Waals surface area contributed by atoms with Crippen LogP contribution in [0.15, 0.2) is 18.5 Å². The molecule has 1 aromatic rings. The SMILES string of the molecule is F[B-](F)(F)c1ccncc1C(F)(F)F.[K+]. The molecule has 0 aliphatic heterocycles. The first kappa shape index (κ1) is 15.4. The normalized spacial score (nSPS) is 12.1. The maximum absolute atomic E-state index is 12.1. The quantitative estimate of drug-likeness (QED) is 0.469. The second kappa shape index (κ2) is 5.17. The van der Waals surface area contributed by atoms with Crippen molar-refractivity contribution in [2.24, 2.45) is 0 Å². The average Bonchev–Trinajstić information content (AvgIpc) is 2.01. The standard InChI is InChI=1S/C6H3BF6N.K/c8-6(9,10)4-3-14-2-1-5(4)7(11,12)13;/h1-3H;/q-1;+1. The molecule has 15 heavy (non-hydrogen) atoms. The molecule has 1 nitrogen and oxygen atoms in total. The van der Waals surface area contributed by atoms with E-state index in [9.17, 15) is 26.1 Å². The first-order valence-electron chi connectivity index (χ1n) is 3.44. The van der Waals surface area contributed by atoms with Crippen LogP contribution in [0.3, 0.4) is 0 Å². The Bertz CT molecular complexity index is 302. The fourth-order valence-electron chi connectivity index (χ4n) is 0.928. The van der Waals surface area contributed by atoms with Crippen molar-refractivity contribution in [2.45, 2.75) is 6.18 Å². The molecule has 0 aliphatic carbocycles. The monoisotopic (exact) mass is 253 g/mol. The van der Waals surface area contributed by atoms with Crippen LogP contribution in [0, 0.1) is 0 Å². The third-order valence-electron chi connectivity index (χ3n) is 1.51. The van der Waals surface area contributed by atoms with Crippen LogP contribution >= 0.6 is 0 Å². The number of halogens is 6. The summed E-state index contributed by atoms with van der Waals surface area (Å²) >= 11 is 0. The predicted molar refractivity (Wildman–Crippen MR) is 38.0 cm³/mol. The van der Waals surface area contributed by atoms with Crippen LogP contribution in [0.25, 0.3) is 0 Å². The van der Waals surface area contributed by atoms with Gasteiger partial charge in [0.05, 0.1) is 0 Å². The maximum Gasteiger partial charge on any atom is 1.00 e. The smallest absolute Gasteiger partial charge is 0.445 e. The van der Waals surface area contributed by atoms with E-state index in [1.165, 1.54) is 0 Å². The van der Waals surface area contributed by atoms with Gasteiger partial charge in [0.1, 0.15) is 0 Å². The van der Waals surface area contributed by atoms with Crippen molar-refractivity contribution in [1.82, 2.24) is 4.98 Å². The molecule has 1 heterocycles. The molecule has 0 fully saturated rings. The number of alkyl halides is 3. The minimum atomic E-state index is -5.66. The van der Waals surface area contributed by atoms with E-state index >= 15 is 0 Å². The van der Waals surface area contributed by atoms with Crippen molar-refractivity contribution < 1.29 is 77.5 Å². The molecule has 0 unspecified atom stereocenters. The van der Waals surface area contributed by atoms with Gasteiger partial charge in [0.15, 0.2) is 0 Å². The molecule has 0 aromatic carbocycles. The topological polar surface area (TPSA) is 12.9 Å². The fraction of sp³-hybridized carbons (Fsp3) is 0.167. The molecular formula is C6H3BF6KN. The Morgan fingerprint density at radius 2 is 1.67 bits per heavy atom. The van der Waals surface area contributed by atoms with Crippen LogP contribution in [0.2, 0.25) is 0 Å².